The van der Waals surface area contributed by atoms with E-state index in [1.807, 2.05) is 30.3 Å². The third-order valence-electron chi connectivity index (χ3n) is 1.42. The molecule has 0 aliphatic heterocycles. The van der Waals surface area contributed by atoms with Crippen molar-refractivity contribution in [2.24, 2.45) is 0 Å². The van der Waals surface area contributed by atoms with Gasteiger partial charge < -0.3 is 40.5 Å². The van der Waals surface area contributed by atoms with Crippen LogP contribution in [0, 0.1) is 24.3 Å². The predicted octanol–water partition coefficient (Wildman–Crippen LogP) is 1.61. The number of carbonyl (C=O) groups is 2. The topological polar surface area (TPSA) is 79.9 Å². The van der Waals surface area contributed by atoms with Crippen molar-refractivity contribution in [2.75, 3.05) is 0 Å². The SMILES string of the molecule is O=C([OH2+])C(F)(F)F.O=C([OH2+])C(F)(F)F.[Zr].[c-]1[c-][c-][cH-][c-]1.c1cc[cH-]c1. The number of hydrogen-bond acceptors (Lipinski definition) is 2. The fourth-order valence-corrected chi connectivity index (χ4v) is 0.501. The van der Waals surface area contributed by atoms with Crippen LogP contribution in [0.2, 0.25) is 0 Å². The van der Waals surface area contributed by atoms with E-state index in [1.165, 1.54) is 0 Å². The minimum absolute atomic E-state index is 0. The maximum atomic E-state index is 10.6. The van der Waals surface area contributed by atoms with Crippen LogP contribution in [0.25, 0.3) is 0 Å². The van der Waals surface area contributed by atoms with Gasteiger partial charge in [0.1, 0.15) is 0 Å². The van der Waals surface area contributed by atoms with Gasteiger partial charge >= 0.3 is 24.3 Å². The monoisotopic (exact) mass is 446 g/mol. The Morgan fingerprint density at radius 2 is 1.08 bits per heavy atom. The number of alkyl halides is 6. The normalized spacial score (nSPS) is 9.52. The minimum atomic E-state index is -4.97. The van der Waals surface area contributed by atoms with E-state index in [0.29, 0.717) is 0 Å². The van der Waals surface area contributed by atoms with Gasteiger partial charge in [0.05, 0.1) is 9.59 Å². The third-order valence-corrected chi connectivity index (χ3v) is 1.42. The quantitative estimate of drug-likeness (QED) is 0.349. The van der Waals surface area contributed by atoms with Crippen LogP contribution in [0.15, 0.2) is 36.4 Å². The molecule has 0 bridgehead atoms. The van der Waals surface area contributed by atoms with Gasteiger partial charge in [-0.2, -0.15) is 44.5 Å². The van der Waals surface area contributed by atoms with E-state index >= 15 is 0 Å². The van der Waals surface area contributed by atoms with E-state index in [1.54, 1.807) is 6.07 Å². The molecule has 2 rings (SSSR count). The summed E-state index contributed by atoms with van der Waals surface area (Å²) in [4.78, 5) is 18.0. The molecule has 4 N–H and O–H groups in total. The molecule has 0 fully saturated rings. The van der Waals surface area contributed by atoms with E-state index in [2.05, 4.69) is 24.3 Å². The first-order chi connectivity index (χ1) is 10.9. The molecule has 11 heteroatoms. The second-order valence-electron chi connectivity index (χ2n) is 3.30. The summed E-state index contributed by atoms with van der Waals surface area (Å²) in [7, 11) is 0. The molecule has 2 aromatic rings. The smallest absolute Gasteiger partial charge is 0.623 e. The summed E-state index contributed by atoms with van der Waals surface area (Å²) in [5.41, 5.74) is 0. The molecule has 0 aliphatic carbocycles. The molecule has 0 saturated carbocycles. The van der Waals surface area contributed by atoms with E-state index < -0.39 is 24.3 Å². The first-order valence-electron chi connectivity index (χ1n) is 5.54. The van der Waals surface area contributed by atoms with Crippen LogP contribution in [0.3, 0.4) is 0 Å². The zero-order valence-corrected chi connectivity index (χ0v) is 14.5. The predicted molar refractivity (Wildman–Crippen MR) is 68.8 cm³/mol. The van der Waals surface area contributed by atoms with Crippen molar-refractivity contribution in [1.82, 2.24) is 0 Å². The molecule has 25 heavy (non-hydrogen) atoms. The Balaban J connectivity index is -0.000000257. The van der Waals surface area contributed by atoms with Crippen LogP contribution in [0.1, 0.15) is 0 Å². The number of hydrogen-bond donors (Lipinski definition) is 0. The number of halogens is 6. The molecule has 0 saturated heterocycles. The summed E-state index contributed by atoms with van der Waals surface area (Å²) < 4.78 is 63.8. The van der Waals surface area contributed by atoms with Crippen molar-refractivity contribution in [3.8, 4) is 0 Å². The molecule has 0 atom stereocenters. The standard InChI is InChI=1S/C5H5.C5H.2C2HF3O2.Zr/c2*1-2-4-5-3-1;2*3-2(4,5)1(6)7;/h1-5H;1H;2*(H,6,7);/q-1;-5;;;/p+2. The average Bonchev–Trinajstić information content (AvgIpc) is 3.16. The molecule has 140 valence electrons. The van der Waals surface area contributed by atoms with Crippen molar-refractivity contribution in [2.45, 2.75) is 12.4 Å². The summed E-state index contributed by atoms with van der Waals surface area (Å²) in [6, 6.07) is 22.0. The molecule has 0 unspecified atom stereocenters. The number of carbonyl (C=O) groups excluding carboxylic acids is 2. The van der Waals surface area contributed by atoms with Gasteiger partial charge in [-0.15, -0.1) is 0 Å². The summed E-state index contributed by atoms with van der Waals surface area (Å²) >= 11 is 0. The maximum Gasteiger partial charge on any atom is 0.623 e. The van der Waals surface area contributed by atoms with Crippen LogP contribution in [0.4, 0.5) is 26.3 Å². The van der Waals surface area contributed by atoms with E-state index in [4.69, 9.17) is 19.8 Å². The van der Waals surface area contributed by atoms with Crippen molar-refractivity contribution in [3.05, 3.63) is 60.7 Å². The minimum Gasteiger partial charge on any atom is -0.999 e. The first kappa shape index (κ1) is 27.9. The zero-order valence-electron chi connectivity index (χ0n) is 12.0. The van der Waals surface area contributed by atoms with Gasteiger partial charge in [0.25, 0.3) is 0 Å². The van der Waals surface area contributed by atoms with Gasteiger partial charge in [0.15, 0.2) is 0 Å². The molecular formula is C14H10F6O4Zr-4. The Hall–Kier alpha value is -1.90. The molecule has 0 aliphatic rings. The fraction of sp³-hybridized carbons (Fsp3) is 0.143. The van der Waals surface area contributed by atoms with Gasteiger partial charge in [-0.1, -0.05) is 0 Å². The Morgan fingerprint density at radius 1 is 0.800 bits per heavy atom. The Bertz CT molecular complexity index is 448. The molecule has 0 spiro atoms. The second kappa shape index (κ2) is 14.4. The van der Waals surface area contributed by atoms with Crippen LogP contribution in [-0.4, -0.2) is 34.5 Å². The van der Waals surface area contributed by atoms with Gasteiger partial charge in [-0.25, -0.2) is 12.1 Å². The average molecular weight is 447 g/mol. The van der Waals surface area contributed by atoms with Crippen molar-refractivity contribution >= 4 is 11.9 Å². The van der Waals surface area contributed by atoms with Crippen molar-refractivity contribution in [3.63, 3.8) is 0 Å². The number of rotatable bonds is 0. The summed E-state index contributed by atoms with van der Waals surface area (Å²) in [5, 5.41) is 10.9. The molecule has 0 amide bonds. The largest absolute Gasteiger partial charge is 0.999 e. The summed E-state index contributed by atoms with van der Waals surface area (Å²) in [6.45, 7) is 0. The Morgan fingerprint density at radius 3 is 1.16 bits per heavy atom. The van der Waals surface area contributed by atoms with Gasteiger partial charge in [0.2, 0.25) is 0 Å². The fourth-order valence-electron chi connectivity index (χ4n) is 0.501. The van der Waals surface area contributed by atoms with Crippen molar-refractivity contribution in [1.29, 1.82) is 0 Å². The molecular weight excluding hydrogens is 437 g/mol. The third kappa shape index (κ3) is 22.1. The Labute approximate surface area is 157 Å². The van der Waals surface area contributed by atoms with Gasteiger partial charge in [0, 0.05) is 26.2 Å². The summed E-state index contributed by atoms with van der Waals surface area (Å²) in [6.07, 6.45) is -9.94. The van der Waals surface area contributed by atoms with Gasteiger partial charge in [-0.05, 0) is 0 Å². The first-order valence-corrected chi connectivity index (χ1v) is 5.54. The van der Waals surface area contributed by atoms with E-state index in [9.17, 15) is 26.3 Å². The second-order valence-corrected chi connectivity index (χ2v) is 3.30. The van der Waals surface area contributed by atoms with Crippen LogP contribution in [0.5, 0.6) is 0 Å². The molecule has 0 heterocycles. The molecule has 2 aromatic carbocycles. The zero-order chi connectivity index (χ0) is 19.2. The van der Waals surface area contributed by atoms with Crippen molar-refractivity contribution < 1.29 is 72.3 Å². The van der Waals surface area contributed by atoms with Crippen LogP contribution < -0.4 is 0 Å². The Kier molecular flexibility index (Phi) is 16.1. The van der Waals surface area contributed by atoms with E-state index in [-0.39, 0.29) is 26.2 Å². The molecule has 0 aromatic heterocycles. The molecule has 4 nitrogen and oxygen atoms in total. The van der Waals surface area contributed by atoms with E-state index in [0.717, 1.165) is 0 Å². The maximum absolute atomic E-state index is 10.6. The molecule has 0 radical (unpaired) electrons. The van der Waals surface area contributed by atoms with Crippen LogP contribution >= 0.6 is 0 Å². The van der Waals surface area contributed by atoms with Crippen LogP contribution in [-0.2, 0) is 35.8 Å². The van der Waals surface area contributed by atoms with Gasteiger partial charge in [-0.3, -0.25) is 0 Å². The summed E-state index contributed by atoms with van der Waals surface area (Å²) in [5.74, 6) is -5.01.